The van der Waals surface area contributed by atoms with Crippen LogP contribution < -0.4 is 10.2 Å². The fraction of sp³-hybridized carbons (Fsp3) is 0.333. The van der Waals surface area contributed by atoms with E-state index < -0.39 is 0 Å². The molecule has 20 heavy (non-hydrogen) atoms. The molecule has 1 unspecified atom stereocenters. The Hall–Kier alpha value is -2.14. The summed E-state index contributed by atoms with van der Waals surface area (Å²) in [5.41, 5.74) is 3.30. The highest BCUT2D eigenvalue weighted by atomic mass is 16.2. The summed E-state index contributed by atoms with van der Waals surface area (Å²) in [6.07, 6.45) is 4.90. The number of hydrogen-bond acceptors (Lipinski definition) is 3. The summed E-state index contributed by atoms with van der Waals surface area (Å²) in [6, 6.07) is 8.17. The van der Waals surface area contributed by atoms with Crippen LogP contribution in [0.3, 0.4) is 0 Å². The first-order valence-corrected chi connectivity index (χ1v) is 6.82. The van der Waals surface area contributed by atoms with Crippen molar-refractivity contribution >= 4 is 11.6 Å². The zero-order valence-corrected chi connectivity index (χ0v) is 11.5. The Bertz CT molecular complexity index is 594. The molecule has 0 spiro atoms. The van der Waals surface area contributed by atoms with Gasteiger partial charge in [-0.1, -0.05) is 18.2 Å². The van der Waals surface area contributed by atoms with Crippen LogP contribution in [0.5, 0.6) is 0 Å². The normalized spacial score (nSPS) is 18.1. The van der Waals surface area contributed by atoms with Crippen molar-refractivity contribution in [2.75, 3.05) is 18.5 Å². The molecule has 1 aromatic heterocycles. The molecule has 104 valence electrons. The van der Waals surface area contributed by atoms with Gasteiger partial charge in [0, 0.05) is 50.1 Å². The Kier molecular flexibility index (Phi) is 3.52. The second-order valence-corrected chi connectivity index (χ2v) is 5.05. The average Bonchev–Trinajstić information content (AvgIpc) is 2.97. The highest BCUT2D eigenvalue weighted by molar-refractivity contribution is 5.96. The number of carbonyl (C=O) groups excluding carboxylic acids is 1. The fourth-order valence-electron chi connectivity index (χ4n) is 2.63. The number of fused-ring (bicyclic) bond motifs is 1. The lowest BCUT2D eigenvalue weighted by Gasteiger charge is -2.32. The number of nitrogens with zero attached hydrogens (tertiary/aromatic N) is 2. The monoisotopic (exact) mass is 270 g/mol. The van der Waals surface area contributed by atoms with Gasteiger partial charge in [-0.2, -0.15) is 0 Å². The molecule has 2 heterocycles. The van der Waals surface area contributed by atoms with E-state index >= 15 is 0 Å². The van der Waals surface area contributed by atoms with Gasteiger partial charge in [0.1, 0.15) is 0 Å². The van der Waals surface area contributed by atoms with Crippen molar-refractivity contribution in [3.8, 4) is 0 Å². The molecule has 1 aliphatic rings. The van der Waals surface area contributed by atoms with Gasteiger partial charge in [0.15, 0.2) is 0 Å². The van der Waals surface area contributed by atoms with E-state index in [4.69, 9.17) is 0 Å². The van der Waals surface area contributed by atoms with Gasteiger partial charge in [0.2, 0.25) is 5.91 Å². The summed E-state index contributed by atoms with van der Waals surface area (Å²) < 4.78 is 0. The Balaban J connectivity index is 1.70. The zero-order valence-electron chi connectivity index (χ0n) is 11.5. The number of aromatic amines is 1. The van der Waals surface area contributed by atoms with Gasteiger partial charge in [-0.3, -0.25) is 4.79 Å². The van der Waals surface area contributed by atoms with Crippen LogP contribution in [0.15, 0.2) is 36.8 Å². The number of benzene rings is 1. The third-order valence-electron chi connectivity index (χ3n) is 3.77. The molecule has 1 amide bonds. The number of aromatic nitrogens is 2. The standard InChI is InChI=1S/C15H18N4O/c1-19-14-5-3-2-4-12(14)13(8-15(19)20)17-7-6-11-9-16-10-18-11/h2-5,9-10,13,17H,6-8H2,1H3,(H,16,18). The number of imidazole rings is 1. The summed E-state index contributed by atoms with van der Waals surface area (Å²) in [5.74, 6) is 0.155. The maximum atomic E-state index is 12.0. The van der Waals surface area contributed by atoms with Crippen LogP contribution in [-0.2, 0) is 11.2 Å². The van der Waals surface area contributed by atoms with Crippen LogP contribution >= 0.6 is 0 Å². The summed E-state index contributed by atoms with van der Waals surface area (Å²) in [5, 5.41) is 3.47. The molecule has 0 bridgehead atoms. The molecule has 2 aromatic rings. The smallest absolute Gasteiger partial charge is 0.228 e. The summed E-state index contributed by atoms with van der Waals surface area (Å²) in [4.78, 5) is 20.9. The number of hydrogen-bond donors (Lipinski definition) is 2. The highest BCUT2D eigenvalue weighted by Crippen LogP contribution is 2.33. The van der Waals surface area contributed by atoms with Crippen LogP contribution in [0.4, 0.5) is 5.69 Å². The first kappa shape index (κ1) is 12.9. The van der Waals surface area contributed by atoms with E-state index in [1.165, 1.54) is 5.56 Å². The molecule has 3 rings (SSSR count). The zero-order chi connectivity index (χ0) is 13.9. The Morgan fingerprint density at radius 3 is 3.10 bits per heavy atom. The molecule has 2 N–H and O–H groups in total. The van der Waals surface area contributed by atoms with Gasteiger partial charge in [-0.15, -0.1) is 0 Å². The number of para-hydroxylation sites is 1. The molecular weight excluding hydrogens is 252 g/mol. The SMILES string of the molecule is CN1C(=O)CC(NCCc2cnc[nH]2)c2ccccc21. The number of amides is 1. The van der Waals surface area contributed by atoms with E-state index in [1.54, 1.807) is 11.2 Å². The van der Waals surface area contributed by atoms with E-state index in [9.17, 15) is 4.79 Å². The third-order valence-corrected chi connectivity index (χ3v) is 3.77. The minimum atomic E-state index is 0.0952. The van der Waals surface area contributed by atoms with Crippen LogP contribution in [0.1, 0.15) is 23.7 Å². The Labute approximate surface area is 118 Å². The van der Waals surface area contributed by atoms with E-state index in [1.807, 2.05) is 31.4 Å². The number of nitrogens with one attached hydrogen (secondary N) is 2. The minimum absolute atomic E-state index is 0.0952. The van der Waals surface area contributed by atoms with Gasteiger partial charge >= 0.3 is 0 Å². The van der Waals surface area contributed by atoms with E-state index in [0.29, 0.717) is 6.42 Å². The lowest BCUT2D eigenvalue weighted by molar-refractivity contribution is -0.119. The lowest BCUT2D eigenvalue weighted by Crippen LogP contribution is -2.38. The van der Waals surface area contributed by atoms with Crippen molar-refractivity contribution in [3.63, 3.8) is 0 Å². The molecule has 0 fully saturated rings. The van der Waals surface area contributed by atoms with Crippen molar-refractivity contribution < 1.29 is 4.79 Å². The van der Waals surface area contributed by atoms with E-state index in [-0.39, 0.29) is 11.9 Å². The van der Waals surface area contributed by atoms with Crippen molar-refractivity contribution in [1.29, 1.82) is 0 Å². The molecule has 0 saturated carbocycles. The third kappa shape index (κ3) is 2.44. The fourth-order valence-corrected chi connectivity index (χ4v) is 2.63. The largest absolute Gasteiger partial charge is 0.348 e. The molecule has 0 saturated heterocycles. The molecule has 1 atom stereocenters. The maximum Gasteiger partial charge on any atom is 0.228 e. The topological polar surface area (TPSA) is 61.0 Å². The molecule has 0 radical (unpaired) electrons. The predicted octanol–water partition coefficient (Wildman–Crippen LogP) is 1.65. The predicted molar refractivity (Wildman–Crippen MR) is 77.5 cm³/mol. The lowest BCUT2D eigenvalue weighted by atomic mass is 9.96. The van der Waals surface area contributed by atoms with Crippen LogP contribution in [0, 0.1) is 0 Å². The number of rotatable bonds is 4. The summed E-state index contributed by atoms with van der Waals surface area (Å²) >= 11 is 0. The van der Waals surface area contributed by atoms with Gasteiger partial charge in [-0.25, -0.2) is 4.98 Å². The molecule has 0 aliphatic carbocycles. The van der Waals surface area contributed by atoms with Gasteiger partial charge in [0.05, 0.1) is 6.33 Å². The van der Waals surface area contributed by atoms with Gasteiger partial charge < -0.3 is 15.2 Å². The molecule has 1 aromatic carbocycles. The summed E-state index contributed by atoms with van der Waals surface area (Å²) in [6.45, 7) is 0.818. The summed E-state index contributed by atoms with van der Waals surface area (Å²) in [7, 11) is 1.84. The van der Waals surface area contributed by atoms with Crippen molar-refractivity contribution in [3.05, 3.63) is 48.0 Å². The van der Waals surface area contributed by atoms with Crippen molar-refractivity contribution in [1.82, 2.24) is 15.3 Å². The van der Waals surface area contributed by atoms with Crippen LogP contribution in [0.25, 0.3) is 0 Å². The molecule has 1 aliphatic heterocycles. The second-order valence-electron chi connectivity index (χ2n) is 5.05. The Morgan fingerprint density at radius 1 is 1.45 bits per heavy atom. The van der Waals surface area contributed by atoms with Crippen LogP contribution in [0.2, 0.25) is 0 Å². The van der Waals surface area contributed by atoms with Gasteiger partial charge in [-0.05, 0) is 11.6 Å². The number of H-pyrrole nitrogens is 1. The molecule has 5 nitrogen and oxygen atoms in total. The number of carbonyl (C=O) groups is 1. The van der Waals surface area contributed by atoms with Crippen molar-refractivity contribution in [2.45, 2.75) is 18.9 Å². The van der Waals surface area contributed by atoms with E-state index in [2.05, 4.69) is 21.4 Å². The van der Waals surface area contributed by atoms with E-state index in [0.717, 1.165) is 24.3 Å². The molecule has 5 heteroatoms. The first-order chi connectivity index (χ1) is 9.75. The highest BCUT2D eigenvalue weighted by Gasteiger charge is 2.28. The Morgan fingerprint density at radius 2 is 2.30 bits per heavy atom. The maximum absolute atomic E-state index is 12.0. The quantitative estimate of drug-likeness (QED) is 0.888. The number of anilines is 1. The van der Waals surface area contributed by atoms with Crippen LogP contribution in [-0.4, -0.2) is 29.5 Å². The van der Waals surface area contributed by atoms with Gasteiger partial charge in [0.25, 0.3) is 0 Å². The first-order valence-electron chi connectivity index (χ1n) is 6.82. The second kappa shape index (κ2) is 5.46. The molecular formula is C15H18N4O. The minimum Gasteiger partial charge on any atom is -0.348 e. The van der Waals surface area contributed by atoms with Crippen molar-refractivity contribution in [2.24, 2.45) is 0 Å². The average molecular weight is 270 g/mol.